The zero-order chi connectivity index (χ0) is 27.2. The summed E-state index contributed by atoms with van der Waals surface area (Å²) in [6, 6.07) is 30.3. The number of aromatic nitrogens is 2. The number of benzene rings is 3. The number of hydrogen-bond donors (Lipinski definition) is 0. The smallest absolute Gasteiger partial charge is 0.340 e. The number of carbonyl (C=O) groups excluding carboxylic acids is 1. The number of pyridine rings is 1. The van der Waals surface area contributed by atoms with Crippen LogP contribution in [0.1, 0.15) is 22.8 Å². The molecule has 0 saturated heterocycles. The molecule has 0 aliphatic heterocycles. The molecule has 39 heavy (non-hydrogen) atoms. The highest BCUT2D eigenvalue weighted by molar-refractivity contribution is 8.14. The lowest BCUT2D eigenvalue weighted by atomic mass is 10.1. The van der Waals surface area contributed by atoms with Crippen LogP contribution in [0.2, 0.25) is 10.0 Å². The van der Waals surface area contributed by atoms with Gasteiger partial charge in [-0.05, 0) is 67.6 Å². The molecule has 8 heteroatoms. The van der Waals surface area contributed by atoms with E-state index in [1.165, 1.54) is 11.8 Å². The molecular weight excluding hydrogens is 549 g/mol. The molecule has 0 aliphatic carbocycles. The molecule has 0 N–H and O–H groups in total. The Hall–Kier alpha value is -3.84. The third kappa shape index (κ3) is 6.25. The van der Waals surface area contributed by atoms with Gasteiger partial charge in [0.1, 0.15) is 5.04 Å². The molecule has 0 saturated carbocycles. The summed E-state index contributed by atoms with van der Waals surface area (Å²) in [7, 11) is 0. The summed E-state index contributed by atoms with van der Waals surface area (Å²) in [6.07, 6.45) is 3.50. The SMILES string of the molecule is CCOC(=O)c1cn(-c2ccc(Cl)cc2)c(SC(=Nc2ccc(Cl)cc2)c2ccccc2)c1-c1ccccn1. The highest BCUT2D eigenvalue weighted by Crippen LogP contribution is 2.40. The summed E-state index contributed by atoms with van der Waals surface area (Å²) in [6.45, 7) is 2.04. The van der Waals surface area contributed by atoms with Gasteiger partial charge in [0, 0.05) is 39.3 Å². The molecule has 3 aromatic carbocycles. The number of halogens is 2. The third-order valence-corrected chi connectivity index (χ3v) is 7.37. The highest BCUT2D eigenvalue weighted by atomic mass is 35.5. The average Bonchev–Trinajstić information content (AvgIpc) is 3.34. The Balaban J connectivity index is 1.76. The largest absolute Gasteiger partial charge is 0.462 e. The second kappa shape index (κ2) is 12.3. The fraction of sp³-hybridized carbons (Fsp3) is 0.0645. The lowest BCUT2D eigenvalue weighted by Gasteiger charge is -2.14. The molecular formula is C31H23Cl2N3O2S. The van der Waals surface area contributed by atoms with Crippen LogP contribution in [0.4, 0.5) is 5.69 Å². The summed E-state index contributed by atoms with van der Waals surface area (Å²) in [5.41, 5.74) is 4.22. The molecule has 0 fully saturated rings. The molecule has 0 bridgehead atoms. The first-order valence-electron chi connectivity index (χ1n) is 12.2. The number of hydrogen-bond acceptors (Lipinski definition) is 5. The van der Waals surface area contributed by atoms with Crippen LogP contribution in [-0.2, 0) is 4.74 Å². The fourth-order valence-electron chi connectivity index (χ4n) is 3.95. The maximum absolute atomic E-state index is 13.2. The lowest BCUT2D eigenvalue weighted by molar-refractivity contribution is 0.0527. The van der Waals surface area contributed by atoms with Crippen molar-refractivity contribution in [2.24, 2.45) is 4.99 Å². The lowest BCUT2D eigenvalue weighted by Crippen LogP contribution is -2.05. The Bertz CT molecular complexity index is 1600. The molecule has 0 unspecified atom stereocenters. The van der Waals surface area contributed by atoms with E-state index in [2.05, 4.69) is 4.98 Å². The van der Waals surface area contributed by atoms with Crippen LogP contribution in [0.5, 0.6) is 0 Å². The molecule has 2 aromatic heterocycles. The van der Waals surface area contributed by atoms with E-state index in [1.54, 1.807) is 19.3 Å². The maximum Gasteiger partial charge on any atom is 0.340 e. The monoisotopic (exact) mass is 571 g/mol. The van der Waals surface area contributed by atoms with Crippen molar-refractivity contribution in [2.75, 3.05) is 6.61 Å². The van der Waals surface area contributed by atoms with E-state index in [0.29, 0.717) is 26.9 Å². The van der Waals surface area contributed by atoms with Gasteiger partial charge in [-0.1, -0.05) is 71.4 Å². The van der Waals surface area contributed by atoms with Crippen LogP contribution in [-0.4, -0.2) is 27.2 Å². The van der Waals surface area contributed by atoms with E-state index in [4.69, 9.17) is 32.9 Å². The normalized spacial score (nSPS) is 11.4. The van der Waals surface area contributed by atoms with Crippen LogP contribution < -0.4 is 0 Å². The van der Waals surface area contributed by atoms with Crippen molar-refractivity contribution in [1.29, 1.82) is 0 Å². The molecule has 5 rings (SSSR count). The number of rotatable bonds is 7. The van der Waals surface area contributed by atoms with Crippen LogP contribution >= 0.6 is 35.0 Å². The zero-order valence-corrected chi connectivity index (χ0v) is 23.3. The predicted molar refractivity (Wildman–Crippen MR) is 160 cm³/mol. The van der Waals surface area contributed by atoms with Crippen molar-refractivity contribution < 1.29 is 9.53 Å². The Morgan fingerprint density at radius 1 is 0.897 bits per heavy atom. The van der Waals surface area contributed by atoms with Crippen molar-refractivity contribution in [3.05, 3.63) is 131 Å². The Morgan fingerprint density at radius 3 is 2.21 bits per heavy atom. The summed E-state index contributed by atoms with van der Waals surface area (Å²) in [5.74, 6) is -0.427. The fourth-order valence-corrected chi connectivity index (χ4v) is 5.37. The Labute approximate surface area is 241 Å². The summed E-state index contributed by atoms with van der Waals surface area (Å²) in [4.78, 5) is 22.8. The Kier molecular flexibility index (Phi) is 8.47. The van der Waals surface area contributed by atoms with Gasteiger partial charge < -0.3 is 9.30 Å². The molecule has 2 heterocycles. The molecule has 5 nitrogen and oxygen atoms in total. The first-order chi connectivity index (χ1) is 19.0. The predicted octanol–water partition coefficient (Wildman–Crippen LogP) is 8.89. The van der Waals surface area contributed by atoms with Gasteiger partial charge in [-0.3, -0.25) is 4.98 Å². The van der Waals surface area contributed by atoms with Crippen molar-refractivity contribution in [2.45, 2.75) is 11.9 Å². The van der Waals surface area contributed by atoms with Gasteiger partial charge in [-0.2, -0.15) is 0 Å². The molecule has 0 aliphatic rings. The van der Waals surface area contributed by atoms with E-state index in [1.807, 2.05) is 102 Å². The third-order valence-electron chi connectivity index (χ3n) is 5.75. The number of nitrogens with zero attached hydrogens (tertiary/aromatic N) is 3. The van der Waals surface area contributed by atoms with E-state index in [9.17, 15) is 4.79 Å². The van der Waals surface area contributed by atoms with Gasteiger partial charge in [0.25, 0.3) is 0 Å². The van der Waals surface area contributed by atoms with Gasteiger partial charge in [-0.15, -0.1) is 0 Å². The van der Waals surface area contributed by atoms with E-state index in [0.717, 1.165) is 27.0 Å². The minimum absolute atomic E-state index is 0.252. The standard InChI is InChI=1S/C31H23Cl2N3O2S/c1-2-38-31(37)26-20-36(25-17-13-23(33)14-18-25)30(28(26)27-10-6-7-19-34-27)39-29(21-8-4-3-5-9-21)35-24-15-11-22(32)12-16-24/h3-20H,2H2,1H3. The summed E-state index contributed by atoms with van der Waals surface area (Å²) in [5, 5.41) is 2.75. The second-order valence-corrected chi connectivity index (χ2v) is 10.2. The molecule has 0 amide bonds. The van der Waals surface area contributed by atoms with Crippen LogP contribution in [0, 0.1) is 0 Å². The van der Waals surface area contributed by atoms with Crippen LogP contribution in [0.3, 0.4) is 0 Å². The van der Waals surface area contributed by atoms with Gasteiger partial charge in [0.15, 0.2) is 0 Å². The quantitative estimate of drug-likeness (QED) is 0.0846. The number of thioether (sulfide) groups is 1. The number of carbonyl (C=O) groups is 1. The van der Waals surface area contributed by atoms with Gasteiger partial charge >= 0.3 is 5.97 Å². The first kappa shape index (κ1) is 26.8. The van der Waals surface area contributed by atoms with E-state index in [-0.39, 0.29) is 6.61 Å². The highest BCUT2D eigenvalue weighted by Gasteiger charge is 2.26. The number of esters is 1. The van der Waals surface area contributed by atoms with Crippen molar-refractivity contribution in [1.82, 2.24) is 9.55 Å². The number of ether oxygens (including phenoxy) is 1. The van der Waals surface area contributed by atoms with Crippen LogP contribution in [0.25, 0.3) is 16.9 Å². The summed E-state index contributed by atoms with van der Waals surface area (Å²) < 4.78 is 7.41. The van der Waals surface area contributed by atoms with Crippen molar-refractivity contribution in [3.63, 3.8) is 0 Å². The second-order valence-electron chi connectivity index (χ2n) is 8.37. The number of aliphatic imine (C=N–C) groups is 1. The zero-order valence-electron chi connectivity index (χ0n) is 20.9. The van der Waals surface area contributed by atoms with E-state index >= 15 is 0 Å². The molecule has 194 valence electrons. The minimum Gasteiger partial charge on any atom is -0.462 e. The molecule has 0 atom stereocenters. The van der Waals surface area contributed by atoms with Crippen LogP contribution in [0.15, 0.2) is 119 Å². The molecule has 5 aromatic rings. The Morgan fingerprint density at radius 2 is 1.56 bits per heavy atom. The van der Waals surface area contributed by atoms with Gasteiger partial charge in [-0.25, -0.2) is 9.79 Å². The average molecular weight is 573 g/mol. The van der Waals surface area contributed by atoms with Crippen molar-refractivity contribution >= 4 is 51.7 Å². The first-order valence-corrected chi connectivity index (χ1v) is 13.8. The maximum atomic E-state index is 13.2. The summed E-state index contributed by atoms with van der Waals surface area (Å²) >= 11 is 13.8. The minimum atomic E-state index is -0.427. The molecule has 0 radical (unpaired) electrons. The van der Waals surface area contributed by atoms with Crippen molar-refractivity contribution in [3.8, 4) is 16.9 Å². The topological polar surface area (TPSA) is 56.5 Å². The van der Waals surface area contributed by atoms with E-state index < -0.39 is 5.97 Å². The van der Waals surface area contributed by atoms with Gasteiger partial charge in [0.05, 0.1) is 28.6 Å². The van der Waals surface area contributed by atoms with Gasteiger partial charge in [0.2, 0.25) is 0 Å². The molecule has 0 spiro atoms.